The van der Waals surface area contributed by atoms with Crippen molar-refractivity contribution in [1.29, 1.82) is 0 Å². The van der Waals surface area contributed by atoms with Crippen LogP contribution in [-0.4, -0.2) is 24.0 Å². The molecule has 2 rings (SSSR count). The summed E-state index contributed by atoms with van der Waals surface area (Å²) in [7, 11) is 1.55. The number of nitrogen functional groups attached to an aromatic ring is 1. The van der Waals surface area contributed by atoms with Crippen molar-refractivity contribution in [2.45, 2.75) is 19.9 Å². The second-order valence-electron chi connectivity index (χ2n) is 5.11. The van der Waals surface area contributed by atoms with Gasteiger partial charge in [-0.15, -0.1) is 0 Å². The summed E-state index contributed by atoms with van der Waals surface area (Å²) in [6.07, 6.45) is 1.65. The Hall–Kier alpha value is -2.76. The molecule has 6 heteroatoms. The smallest absolute Gasteiger partial charge is 0.259 e. The lowest BCUT2D eigenvalue weighted by Gasteiger charge is -2.14. The summed E-state index contributed by atoms with van der Waals surface area (Å²) >= 11 is 0. The molecule has 0 unspecified atom stereocenters. The van der Waals surface area contributed by atoms with Gasteiger partial charge in [0, 0.05) is 17.9 Å². The molecule has 116 valence electrons. The number of rotatable bonds is 5. The summed E-state index contributed by atoms with van der Waals surface area (Å²) in [6.45, 7) is 3.97. The zero-order chi connectivity index (χ0) is 16.1. The van der Waals surface area contributed by atoms with Gasteiger partial charge in [-0.05, 0) is 44.2 Å². The Morgan fingerprint density at radius 1 is 1.32 bits per heavy atom. The van der Waals surface area contributed by atoms with Crippen molar-refractivity contribution >= 4 is 23.1 Å². The number of methoxy groups -OCH3 is 1. The number of hydrogen-bond donors (Lipinski definition) is 3. The van der Waals surface area contributed by atoms with Gasteiger partial charge in [0.25, 0.3) is 5.91 Å². The molecule has 1 heterocycles. The van der Waals surface area contributed by atoms with Gasteiger partial charge >= 0.3 is 0 Å². The summed E-state index contributed by atoms with van der Waals surface area (Å²) < 4.78 is 5.09. The van der Waals surface area contributed by atoms with Crippen LogP contribution < -0.4 is 21.1 Å². The molecule has 0 aliphatic heterocycles. The third kappa shape index (κ3) is 3.66. The van der Waals surface area contributed by atoms with Crippen molar-refractivity contribution in [1.82, 2.24) is 4.98 Å². The number of anilines is 3. The van der Waals surface area contributed by atoms with Crippen LogP contribution in [0.3, 0.4) is 0 Å². The zero-order valence-corrected chi connectivity index (χ0v) is 12.9. The third-order valence-corrected chi connectivity index (χ3v) is 2.97. The normalized spacial score (nSPS) is 10.4. The number of carbonyl (C=O) groups excluding carboxylic acids is 1. The number of amides is 1. The Morgan fingerprint density at radius 2 is 2.09 bits per heavy atom. The van der Waals surface area contributed by atoms with Gasteiger partial charge in [-0.25, -0.2) is 4.98 Å². The molecule has 0 fully saturated rings. The molecule has 1 aromatic heterocycles. The number of benzene rings is 1. The molecule has 0 radical (unpaired) electrons. The minimum absolute atomic E-state index is 0.179. The second kappa shape index (κ2) is 6.80. The first-order valence-corrected chi connectivity index (χ1v) is 6.97. The highest BCUT2D eigenvalue weighted by Gasteiger charge is 2.13. The molecule has 0 bridgehead atoms. The molecule has 0 aliphatic rings. The van der Waals surface area contributed by atoms with Gasteiger partial charge in [0.1, 0.15) is 11.6 Å². The first-order valence-electron chi connectivity index (χ1n) is 6.97. The largest absolute Gasteiger partial charge is 0.495 e. The molecule has 0 atom stereocenters. The van der Waals surface area contributed by atoms with Gasteiger partial charge < -0.3 is 21.1 Å². The molecule has 0 spiro atoms. The Balaban J connectivity index is 2.21. The van der Waals surface area contributed by atoms with Gasteiger partial charge in [-0.2, -0.15) is 0 Å². The van der Waals surface area contributed by atoms with E-state index in [0.717, 1.165) is 0 Å². The Morgan fingerprint density at radius 3 is 2.73 bits per heavy atom. The molecule has 1 amide bonds. The number of nitrogens with zero attached hydrogens (tertiary/aromatic N) is 1. The highest BCUT2D eigenvalue weighted by Crippen LogP contribution is 2.25. The topological polar surface area (TPSA) is 89.3 Å². The minimum Gasteiger partial charge on any atom is -0.495 e. The molecule has 0 saturated carbocycles. The first-order chi connectivity index (χ1) is 10.5. The maximum Gasteiger partial charge on any atom is 0.259 e. The van der Waals surface area contributed by atoms with Gasteiger partial charge in [0.2, 0.25) is 0 Å². The SMILES string of the molecule is COc1ccc(NC(=O)c2cccnc2NC(C)C)cc1N. The molecule has 2 aromatic rings. The van der Waals surface area contributed by atoms with Gasteiger partial charge in [-0.3, -0.25) is 4.79 Å². The van der Waals surface area contributed by atoms with Gasteiger partial charge in [-0.1, -0.05) is 0 Å². The molecular weight excluding hydrogens is 280 g/mol. The second-order valence-corrected chi connectivity index (χ2v) is 5.11. The van der Waals surface area contributed by atoms with E-state index in [1.165, 1.54) is 0 Å². The maximum atomic E-state index is 12.4. The van der Waals surface area contributed by atoms with Crippen molar-refractivity contribution < 1.29 is 9.53 Å². The van der Waals surface area contributed by atoms with Crippen molar-refractivity contribution in [2.24, 2.45) is 0 Å². The fourth-order valence-electron chi connectivity index (χ4n) is 1.99. The van der Waals surface area contributed by atoms with Gasteiger partial charge in [0.15, 0.2) is 0 Å². The number of aromatic nitrogens is 1. The van der Waals surface area contributed by atoms with Crippen LogP contribution >= 0.6 is 0 Å². The number of hydrogen-bond acceptors (Lipinski definition) is 5. The number of nitrogens with two attached hydrogens (primary N) is 1. The van der Waals surface area contributed by atoms with Crippen LogP contribution in [0.1, 0.15) is 24.2 Å². The van der Waals surface area contributed by atoms with E-state index in [1.807, 2.05) is 13.8 Å². The van der Waals surface area contributed by atoms with Crippen LogP contribution in [-0.2, 0) is 0 Å². The van der Waals surface area contributed by atoms with Crippen molar-refractivity contribution in [3.05, 3.63) is 42.1 Å². The van der Waals surface area contributed by atoms with E-state index >= 15 is 0 Å². The Labute approximate surface area is 129 Å². The van der Waals surface area contributed by atoms with Gasteiger partial charge in [0.05, 0.1) is 18.4 Å². The van der Waals surface area contributed by atoms with Crippen LogP contribution in [0.5, 0.6) is 5.75 Å². The van der Waals surface area contributed by atoms with Crippen LogP contribution in [0.25, 0.3) is 0 Å². The molecule has 22 heavy (non-hydrogen) atoms. The predicted octanol–water partition coefficient (Wildman–Crippen LogP) is 2.75. The summed E-state index contributed by atoms with van der Waals surface area (Å²) in [5.74, 6) is 0.874. The van der Waals surface area contributed by atoms with Crippen LogP contribution in [0.4, 0.5) is 17.2 Å². The molecular formula is C16H20N4O2. The summed E-state index contributed by atoms with van der Waals surface area (Å²) in [6, 6.07) is 8.73. The molecule has 6 nitrogen and oxygen atoms in total. The fraction of sp³-hybridized carbons (Fsp3) is 0.250. The third-order valence-electron chi connectivity index (χ3n) is 2.97. The van der Waals surface area contributed by atoms with Crippen LogP contribution in [0.2, 0.25) is 0 Å². The van der Waals surface area contributed by atoms with E-state index in [2.05, 4.69) is 15.6 Å². The maximum absolute atomic E-state index is 12.4. The number of pyridine rings is 1. The lowest BCUT2D eigenvalue weighted by Crippen LogP contribution is -2.18. The van der Waals surface area contributed by atoms with Crippen molar-refractivity contribution in [2.75, 3.05) is 23.5 Å². The standard InChI is InChI=1S/C16H20N4O2/c1-10(2)19-15-12(5-4-8-18-15)16(21)20-11-6-7-14(22-3)13(17)9-11/h4-10H,17H2,1-3H3,(H,18,19)(H,20,21). The van der Waals surface area contributed by atoms with E-state index in [4.69, 9.17) is 10.5 Å². The average molecular weight is 300 g/mol. The van der Waals surface area contributed by atoms with Crippen molar-refractivity contribution in [3.8, 4) is 5.75 Å². The van der Waals surface area contributed by atoms with Crippen LogP contribution in [0.15, 0.2) is 36.5 Å². The summed E-state index contributed by atoms with van der Waals surface area (Å²) in [5.41, 5.74) is 7.38. The molecule has 0 aliphatic carbocycles. The van der Waals surface area contributed by atoms with E-state index < -0.39 is 0 Å². The summed E-state index contributed by atoms with van der Waals surface area (Å²) in [4.78, 5) is 16.6. The molecule has 1 aromatic carbocycles. The number of ether oxygens (including phenoxy) is 1. The monoisotopic (exact) mass is 300 g/mol. The Bertz CT molecular complexity index is 671. The number of nitrogens with one attached hydrogen (secondary N) is 2. The van der Waals surface area contributed by atoms with Crippen LogP contribution in [0, 0.1) is 0 Å². The summed E-state index contributed by atoms with van der Waals surface area (Å²) in [5, 5.41) is 5.96. The zero-order valence-electron chi connectivity index (χ0n) is 12.9. The van der Waals surface area contributed by atoms with E-state index in [9.17, 15) is 4.79 Å². The average Bonchev–Trinajstić information content (AvgIpc) is 2.47. The van der Waals surface area contributed by atoms with E-state index in [1.54, 1.807) is 43.6 Å². The van der Waals surface area contributed by atoms with Crippen molar-refractivity contribution in [3.63, 3.8) is 0 Å². The van der Waals surface area contributed by atoms with E-state index in [0.29, 0.717) is 28.5 Å². The first kappa shape index (κ1) is 15.6. The predicted molar refractivity (Wildman–Crippen MR) is 88.4 cm³/mol. The quantitative estimate of drug-likeness (QED) is 0.739. The van der Waals surface area contributed by atoms with E-state index in [-0.39, 0.29) is 11.9 Å². The minimum atomic E-state index is -0.249. The molecule has 4 N–H and O–H groups in total. The highest BCUT2D eigenvalue weighted by atomic mass is 16.5. The lowest BCUT2D eigenvalue weighted by atomic mass is 10.2. The lowest BCUT2D eigenvalue weighted by molar-refractivity contribution is 0.102. The molecule has 0 saturated heterocycles. The highest BCUT2D eigenvalue weighted by molar-refractivity contribution is 6.07. The fourth-order valence-corrected chi connectivity index (χ4v) is 1.99. The number of carbonyl (C=O) groups is 1. The Kier molecular flexibility index (Phi) is 4.83.